The summed E-state index contributed by atoms with van der Waals surface area (Å²) >= 11 is 0. The lowest BCUT2D eigenvalue weighted by Crippen LogP contribution is -1.97. The highest BCUT2D eigenvalue weighted by atomic mass is 14.9. The Balaban J connectivity index is 1.15. The van der Waals surface area contributed by atoms with Crippen molar-refractivity contribution in [2.45, 2.75) is 6.92 Å². The number of hydrogen-bond donors (Lipinski definition) is 0. The molecular weight excluding hydrogens is 691 g/mol. The maximum atomic E-state index is 5.30. The van der Waals surface area contributed by atoms with Crippen LogP contribution in [0.1, 0.15) is 18.1 Å². The SMILES string of the molecule is C=Cc1c(/C=C\C)c(-c2ccc(-c3cc(-c4cccc(-c5cccnc5)c4)nc(-c4ccc5c6ccccc6c6ccccc6c5c4)n3)cc2)cc2ccccc12. The number of pyridine rings is 1. The minimum atomic E-state index is 0.679. The number of aromatic nitrogens is 3. The van der Waals surface area contributed by atoms with Gasteiger partial charge in [-0.2, -0.15) is 0 Å². The molecule has 0 aliphatic rings. The molecular formula is C54H37N3. The van der Waals surface area contributed by atoms with Gasteiger partial charge in [0.15, 0.2) is 5.82 Å². The van der Waals surface area contributed by atoms with E-state index in [4.69, 9.17) is 9.97 Å². The molecule has 0 N–H and O–H groups in total. The van der Waals surface area contributed by atoms with E-state index in [9.17, 15) is 0 Å². The lowest BCUT2D eigenvalue weighted by molar-refractivity contribution is 1.18. The third kappa shape index (κ3) is 6.07. The number of fused-ring (bicyclic) bond motifs is 7. The van der Waals surface area contributed by atoms with Crippen LogP contribution in [0.5, 0.6) is 0 Å². The maximum Gasteiger partial charge on any atom is 0.160 e. The smallest absolute Gasteiger partial charge is 0.160 e. The summed E-state index contributed by atoms with van der Waals surface area (Å²) in [5, 5.41) is 9.75. The van der Waals surface area contributed by atoms with Crippen molar-refractivity contribution in [1.82, 2.24) is 15.0 Å². The zero-order valence-electron chi connectivity index (χ0n) is 31.5. The van der Waals surface area contributed by atoms with Crippen molar-refractivity contribution in [1.29, 1.82) is 0 Å². The van der Waals surface area contributed by atoms with Crippen molar-refractivity contribution in [2.24, 2.45) is 0 Å². The molecule has 0 amide bonds. The summed E-state index contributed by atoms with van der Waals surface area (Å²) in [6.07, 6.45) is 9.96. The number of allylic oxidation sites excluding steroid dienone is 1. The Morgan fingerprint density at radius 1 is 0.439 bits per heavy atom. The van der Waals surface area contributed by atoms with Crippen LogP contribution >= 0.6 is 0 Å². The predicted molar refractivity (Wildman–Crippen MR) is 242 cm³/mol. The maximum absolute atomic E-state index is 5.30. The van der Waals surface area contributed by atoms with Crippen LogP contribution in [0, 0.1) is 0 Å². The largest absolute Gasteiger partial charge is 0.264 e. The third-order valence-corrected chi connectivity index (χ3v) is 11.0. The summed E-state index contributed by atoms with van der Waals surface area (Å²) < 4.78 is 0. The van der Waals surface area contributed by atoms with Gasteiger partial charge in [0, 0.05) is 34.6 Å². The highest BCUT2D eigenvalue weighted by Gasteiger charge is 2.16. The van der Waals surface area contributed by atoms with Gasteiger partial charge in [-0.1, -0.05) is 158 Å². The molecule has 10 aromatic rings. The summed E-state index contributed by atoms with van der Waals surface area (Å²) in [6.45, 7) is 6.26. The van der Waals surface area contributed by atoms with Crippen molar-refractivity contribution in [3.8, 4) is 56.2 Å². The van der Waals surface area contributed by atoms with E-state index in [0.717, 1.165) is 55.9 Å². The normalized spacial score (nSPS) is 11.6. The summed E-state index contributed by atoms with van der Waals surface area (Å²) in [5.74, 6) is 0.679. The fraction of sp³-hybridized carbons (Fsp3) is 0.0185. The molecule has 0 atom stereocenters. The quantitative estimate of drug-likeness (QED) is 0.153. The lowest BCUT2D eigenvalue weighted by atomic mass is 9.89. The Labute approximate surface area is 332 Å². The fourth-order valence-corrected chi connectivity index (χ4v) is 8.33. The van der Waals surface area contributed by atoms with E-state index >= 15 is 0 Å². The first-order chi connectivity index (χ1) is 28.2. The summed E-state index contributed by atoms with van der Waals surface area (Å²) in [7, 11) is 0. The Bertz CT molecular complexity index is 3160. The van der Waals surface area contributed by atoms with Gasteiger partial charge in [-0.15, -0.1) is 0 Å². The van der Waals surface area contributed by atoms with Crippen molar-refractivity contribution in [2.75, 3.05) is 0 Å². The van der Waals surface area contributed by atoms with E-state index in [1.165, 1.54) is 48.7 Å². The van der Waals surface area contributed by atoms with E-state index in [2.05, 4.69) is 188 Å². The molecule has 2 aromatic heterocycles. The fourth-order valence-electron chi connectivity index (χ4n) is 8.33. The number of nitrogens with zero attached hydrogens (tertiary/aromatic N) is 3. The molecule has 57 heavy (non-hydrogen) atoms. The molecule has 268 valence electrons. The summed E-state index contributed by atoms with van der Waals surface area (Å²) in [6, 6.07) is 58.3. The van der Waals surface area contributed by atoms with Crippen LogP contribution in [0.3, 0.4) is 0 Å². The van der Waals surface area contributed by atoms with Crippen molar-refractivity contribution >= 4 is 55.2 Å². The molecule has 3 nitrogen and oxygen atoms in total. The second kappa shape index (κ2) is 14.3. The van der Waals surface area contributed by atoms with Gasteiger partial charge in [0.25, 0.3) is 0 Å². The van der Waals surface area contributed by atoms with Gasteiger partial charge < -0.3 is 0 Å². The van der Waals surface area contributed by atoms with Crippen LogP contribution in [0.2, 0.25) is 0 Å². The standard InChI is InChI=1S/C54H37N3/c1-3-13-44-42(4-2)43-18-6-5-14-38(43)31-50(44)35-23-25-36(26-24-35)52-33-53(39-16-11-15-37(30-39)41-17-12-29-55-34-41)57-54(56-52)40-27-28-49-47-21-8-7-19-45(47)46-20-9-10-22-48(46)51(49)32-40/h3-34H,2H2,1H3/b13-3-. The zero-order valence-corrected chi connectivity index (χ0v) is 31.5. The Kier molecular flexibility index (Phi) is 8.54. The first-order valence-electron chi connectivity index (χ1n) is 19.3. The van der Waals surface area contributed by atoms with E-state index in [0.29, 0.717) is 5.82 Å². The van der Waals surface area contributed by atoms with E-state index in [1.54, 1.807) is 6.20 Å². The molecule has 0 spiro atoms. The van der Waals surface area contributed by atoms with Gasteiger partial charge in [-0.3, -0.25) is 4.98 Å². The Morgan fingerprint density at radius 2 is 1.04 bits per heavy atom. The third-order valence-electron chi connectivity index (χ3n) is 11.0. The van der Waals surface area contributed by atoms with Gasteiger partial charge >= 0.3 is 0 Å². The monoisotopic (exact) mass is 727 g/mol. The number of hydrogen-bond acceptors (Lipinski definition) is 3. The molecule has 2 heterocycles. The van der Waals surface area contributed by atoms with Crippen molar-refractivity contribution in [3.63, 3.8) is 0 Å². The van der Waals surface area contributed by atoms with Gasteiger partial charge in [0.1, 0.15) is 0 Å². The molecule has 8 aromatic carbocycles. The van der Waals surface area contributed by atoms with Crippen LogP contribution in [-0.2, 0) is 0 Å². The minimum absolute atomic E-state index is 0.679. The van der Waals surface area contributed by atoms with Crippen LogP contribution in [0.4, 0.5) is 0 Å². The summed E-state index contributed by atoms with van der Waals surface area (Å²) in [4.78, 5) is 15.0. The van der Waals surface area contributed by atoms with E-state index < -0.39 is 0 Å². The average Bonchev–Trinajstić information content (AvgIpc) is 3.29. The van der Waals surface area contributed by atoms with Crippen LogP contribution < -0.4 is 0 Å². The molecule has 0 unspecified atom stereocenters. The topological polar surface area (TPSA) is 38.7 Å². The molecule has 0 bridgehead atoms. The second-order valence-electron chi connectivity index (χ2n) is 14.4. The first kappa shape index (κ1) is 34.0. The molecule has 0 saturated heterocycles. The molecule has 0 saturated carbocycles. The van der Waals surface area contributed by atoms with Crippen LogP contribution in [0.15, 0.2) is 189 Å². The highest BCUT2D eigenvalue weighted by Crippen LogP contribution is 2.39. The number of benzene rings is 8. The Morgan fingerprint density at radius 3 is 1.72 bits per heavy atom. The second-order valence-corrected chi connectivity index (χ2v) is 14.4. The van der Waals surface area contributed by atoms with Crippen molar-refractivity contribution < 1.29 is 0 Å². The van der Waals surface area contributed by atoms with Crippen molar-refractivity contribution in [3.05, 3.63) is 200 Å². The van der Waals surface area contributed by atoms with Gasteiger partial charge in [0.05, 0.1) is 11.4 Å². The molecule has 0 aliphatic carbocycles. The van der Waals surface area contributed by atoms with Crippen LogP contribution in [-0.4, -0.2) is 15.0 Å². The molecule has 0 fully saturated rings. The van der Waals surface area contributed by atoms with Gasteiger partial charge in [-0.25, -0.2) is 9.97 Å². The lowest BCUT2D eigenvalue weighted by Gasteiger charge is -2.15. The predicted octanol–water partition coefficient (Wildman–Crippen LogP) is 14.5. The zero-order chi connectivity index (χ0) is 38.3. The van der Waals surface area contributed by atoms with Crippen LogP contribution in [0.25, 0.3) is 111 Å². The Hall–Kier alpha value is -7.49. The average molecular weight is 728 g/mol. The molecule has 0 radical (unpaired) electrons. The first-order valence-corrected chi connectivity index (χ1v) is 19.3. The van der Waals surface area contributed by atoms with E-state index in [1.807, 2.05) is 18.3 Å². The van der Waals surface area contributed by atoms with Gasteiger partial charge in [0.2, 0.25) is 0 Å². The number of rotatable bonds is 7. The van der Waals surface area contributed by atoms with Gasteiger partial charge in [-0.05, 0) is 108 Å². The highest BCUT2D eigenvalue weighted by molar-refractivity contribution is 6.25. The minimum Gasteiger partial charge on any atom is -0.264 e. The molecule has 0 aliphatic heterocycles. The molecule has 3 heteroatoms. The summed E-state index contributed by atoms with van der Waals surface area (Å²) in [5.41, 5.74) is 11.5. The van der Waals surface area contributed by atoms with E-state index in [-0.39, 0.29) is 0 Å². The molecule has 10 rings (SSSR count).